The lowest BCUT2D eigenvalue weighted by Gasteiger charge is -2.20. The highest BCUT2D eigenvalue weighted by atomic mass is 16.2. The standard InChI is InChI=1S/C19H28N4O/c1-13-16(9-10-17(24)23-11-7-5-6-8-12-23)14(2)20-19-18(13)15(3)21-22(19)4/h5-12H2,1-4H3. The molecule has 1 aliphatic rings. The molecule has 5 nitrogen and oxygen atoms in total. The Morgan fingerprint density at radius 3 is 2.38 bits per heavy atom. The molecule has 130 valence electrons. The van der Waals surface area contributed by atoms with E-state index >= 15 is 0 Å². The van der Waals surface area contributed by atoms with E-state index in [1.54, 1.807) is 0 Å². The van der Waals surface area contributed by atoms with Crippen molar-refractivity contribution in [3.63, 3.8) is 0 Å². The van der Waals surface area contributed by atoms with Gasteiger partial charge in [0.25, 0.3) is 0 Å². The lowest BCUT2D eigenvalue weighted by Crippen LogP contribution is -2.32. The number of amides is 1. The molecule has 2 aromatic rings. The van der Waals surface area contributed by atoms with Gasteiger partial charge in [-0.1, -0.05) is 12.8 Å². The largest absolute Gasteiger partial charge is 0.343 e. The molecule has 0 radical (unpaired) electrons. The monoisotopic (exact) mass is 328 g/mol. The molecule has 0 bridgehead atoms. The van der Waals surface area contributed by atoms with E-state index in [1.165, 1.54) is 24.0 Å². The number of likely N-dealkylation sites (tertiary alicyclic amines) is 1. The molecule has 1 aliphatic heterocycles. The van der Waals surface area contributed by atoms with E-state index in [0.717, 1.165) is 54.8 Å². The zero-order valence-corrected chi connectivity index (χ0v) is 15.4. The minimum absolute atomic E-state index is 0.290. The Morgan fingerprint density at radius 1 is 1.04 bits per heavy atom. The molecule has 1 fully saturated rings. The normalized spacial score (nSPS) is 15.8. The molecule has 0 spiro atoms. The topological polar surface area (TPSA) is 51.0 Å². The van der Waals surface area contributed by atoms with Gasteiger partial charge in [0.1, 0.15) is 0 Å². The fraction of sp³-hybridized carbons (Fsp3) is 0.632. The van der Waals surface area contributed by atoms with Crippen LogP contribution in [0.3, 0.4) is 0 Å². The summed E-state index contributed by atoms with van der Waals surface area (Å²) < 4.78 is 1.84. The Hall–Kier alpha value is -1.91. The van der Waals surface area contributed by atoms with E-state index in [9.17, 15) is 4.79 Å². The van der Waals surface area contributed by atoms with Gasteiger partial charge in [0.2, 0.25) is 5.91 Å². The van der Waals surface area contributed by atoms with Gasteiger partial charge >= 0.3 is 0 Å². The molecule has 0 aromatic carbocycles. The Balaban J connectivity index is 1.80. The van der Waals surface area contributed by atoms with Gasteiger partial charge in [0.05, 0.1) is 5.69 Å². The number of nitrogens with zero attached hydrogens (tertiary/aromatic N) is 4. The maximum absolute atomic E-state index is 12.6. The van der Waals surface area contributed by atoms with Crippen molar-refractivity contribution in [3.8, 4) is 0 Å². The SMILES string of the molecule is Cc1nc2c(c(C)nn2C)c(C)c1CCC(=O)N1CCCCCC1. The van der Waals surface area contributed by atoms with Crippen molar-refractivity contribution in [1.29, 1.82) is 0 Å². The molecule has 3 rings (SSSR count). The van der Waals surface area contributed by atoms with Crippen LogP contribution in [-0.4, -0.2) is 38.7 Å². The van der Waals surface area contributed by atoms with Crippen molar-refractivity contribution < 1.29 is 4.79 Å². The highest BCUT2D eigenvalue weighted by Gasteiger charge is 2.19. The number of aromatic nitrogens is 3. The predicted octanol–water partition coefficient (Wildman–Crippen LogP) is 3.23. The Bertz CT molecular complexity index is 755. The quantitative estimate of drug-likeness (QED) is 0.869. The smallest absolute Gasteiger partial charge is 0.222 e. The Morgan fingerprint density at radius 2 is 1.71 bits per heavy atom. The van der Waals surface area contributed by atoms with E-state index in [2.05, 4.69) is 16.9 Å². The van der Waals surface area contributed by atoms with Gasteiger partial charge in [-0.05, 0) is 51.2 Å². The fourth-order valence-corrected chi connectivity index (χ4v) is 3.94. The van der Waals surface area contributed by atoms with Crippen molar-refractivity contribution in [2.24, 2.45) is 7.05 Å². The van der Waals surface area contributed by atoms with E-state index in [0.29, 0.717) is 12.3 Å². The first-order valence-corrected chi connectivity index (χ1v) is 9.06. The third-order valence-corrected chi connectivity index (χ3v) is 5.28. The van der Waals surface area contributed by atoms with Gasteiger partial charge in [-0.15, -0.1) is 0 Å². The van der Waals surface area contributed by atoms with Crippen LogP contribution in [0, 0.1) is 20.8 Å². The summed E-state index contributed by atoms with van der Waals surface area (Å²) in [5.41, 5.74) is 5.41. The van der Waals surface area contributed by atoms with Gasteiger partial charge in [0, 0.05) is 37.6 Å². The van der Waals surface area contributed by atoms with Crippen LogP contribution in [0.25, 0.3) is 11.0 Å². The van der Waals surface area contributed by atoms with Crippen molar-refractivity contribution in [2.75, 3.05) is 13.1 Å². The number of pyridine rings is 1. The lowest BCUT2D eigenvalue weighted by atomic mass is 9.99. The molecule has 0 atom stereocenters. The number of rotatable bonds is 3. The third kappa shape index (κ3) is 3.17. The van der Waals surface area contributed by atoms with Gasteiger partial charge in [0.15, 0.2) is 5.65 Å². The summed E-state index contributed by atoms with van der Waals surface area (Å²) in [6.45, 7) is 8.06. The molecule has 0 saturated carbocycles. The Kier molecular flexibility index (Phi) is 4.88. The molecule has 2 aromatic heterocycles. The fourth-order valence-electron chi connectivity index (χ4n) is 3.94. The summed E-state index contributed by atoms with van der Waals surface area (Å²) in [4.78, 5) is 19.4. The average Bonchev–Trinajstić information content (AvgIpc) is 2.73. The van der Waals surface area contributed by atoms with E-state index < -0.39 is 0 Å². The number of hydrogen-bond acceptors (Lipinski definition) is 3. The molecular weight excluding hydrogens is 300 g/mol. The van der Waals surface area contributed by atoms with Gasteiger partial charge in [-0.25, -0.2) is 4.98 Å². The van der Waals surface area contributed by atoms with Crippen LogP contribution in [0.2, 0.25) is 0 Å². The van der Waals surface area contributed by atoms with E-state index in [1.807, 2.05) is 25.6 Å². The molecular formula is C19H28N4O. The minimum Gasteiger partial charge on any atom is -0.343 e. The van der Waals surface area contributed by atoms with Crippen LogP contribution in [0.15, 0.2) is 0 Å². The van der Waals surface area contributed by atoms with Gasteiger partial charge < -0.3 is 4.90 Å². The van der Waals surface area contributed by atoms with E-state index in [-0.39, 0.29) is 0 Å². The first kappa shape index (κ1) is 16.9. The number of hydrogen-bond donors (Lipinski definition) is 0. The van der Waals surface area contributed by atoms with Crippen molar-refractivity contribution in [1.82, 2.24) is 19.7 Å². The second-order valence-corrected chi connectivity index (χ2v) is 7.00. The van der Waals surface area contributed by atoms with Crippen molar-refractivity contribution >= 4 is 16.9 Å². The van der Waals surface area contributed by atoms with Gasteiger partial charge in [-0.3, -0.25) is 9.48 Å². The maximum atomic E-state index is 12.6. The van der Waals surface area contributed by atoms with Crippen molar-refractivity contribution in [2.45, 2.75) is 59.3 Å². The minimum atomic E-state index is 0.290. The molecule has 24 heavy (non-hydrogen) atoms. The number of carbonyl (C=O) groups is 1. The van der Waals surface area contributed by atoms with Crippen LogP contribution in [0.5, 0.6) is 0 Å². The number of fused-ring (bicyclic) bond motifs is 1. The first-order valence-electron chi connectivity index (χ1n) is 9.06. The van der Waals surface area contributed by atoms with Crippen molar-refractivity contribution in [3.05, 3.63) is 22.5 Å². The number of aryl methyl sites for hydroxylation is 4. The summed E-state index contributed by atoms with van der Waals surface area (Å²) in [6, 6.07) is 0. The highest BCUT2D eigenvalue weighted by molar-refractivity contribution is 5.84. The zero-order valence-electron chi connectivity index (χ0n) is 15.4. The summed E-state index contributed by atoms with van der Waals surface area (Å²) in [5.74, 6) is 0.290. The van der Waals surface area contributed by atoms with Gasteiger partial charge in [-0.2, -0.15) is 5.10 Å². The van der Waals surface area contributed by atoms with Crippen LogP contribution < -0.4 is 0 Å². The Labute approximate surface area is 144 Å². The molecule has 0 aliphatic carbocycles. The summed E-state index contributed by atoms with van der Waals surface area (Å²) in [6.07, 6.45) is 6.14. The molecule has 1 saturated heterocycles. The number of carbonyl (C=O) groups excluding carboxylic acids is 1. The first-order chi connectivity index (χ1) is 11.5. The summed E-state index contributed by atoms with van der Waals surface area (Å²) in [5, 5.41) is 5.63. The third-order valence-electron chi connectivity index (χ3n) is 5.28. The molecule has 0 unspecified atom stereocenters. The van der Waals surface area contributed by atoms with E-state index in [4.69, 9.17) is 4.98 Å². The predicted molar refractivity (Wildman–Crippen MR) is 96.1 cm³/mol. The molecule has 3 heterocycles. The average molecular weight is 328 g/mol. The van der Waals surface area contributed by atoms with Crippen LogP contribution >= 0.6 is 0 Å². The van der Waals surface area contributed by atoms with Crippen LogP contribution in [0.1, 0.15) is 54.6 Å². The lowest BCUT2D eigenvalue weighted by molar-refractivity contribution is -0.131. The summed E-state index contributed by atoms with van der Waals surface area (Å²) >= 11 is 0. The zero-order chi connectivity index (χ0) is 17.3. The highest BCUT2D eigenvalue weighted by Crippen LogP contribution is 2.26. The summed E-state index contributed by atoms with van der Waals surface area (Å²) in [7, 11) is 1.93. The second kappa shape index (κ2) is 6.91. The molecule has 0 N–H and O–H groups in total. The van der Waals surface area contributed by atoms with Crippen LogP contribution in [0.4, 0.5) is 0 Å². The molecule has 1 amide bonds. The molecule has 5 heteroatoms. The second-order valence-electron chi connectivity index (χ2n) is 7.00. The van der Waals surface area contributed by atoms with Crippen LogP contribution in [-0.2, 0) is 18.3 Å². The maximum Gasteiger partial charge on any atom is 0.222 e.